The molecular weight excluding hydrogens is 398 g/mol. The van der Waals surface area contributed by atoms with E-state index in [4.69, 9.17) is 23.7 Å². The number of benzene rings is 2. The molecule has 0 aliphatic carbocycles. The van der Waals surface area contributed by atoms with Gasteiger partial charge in [0, 0.05) is 25.3 Å². The SMILES string of the molecule is COc1ccc(OCCN2C[C@H](c3ccc(OC)c(OC4CCCO4)c3)CC2=O)cc1. The molecule has 0 spiro atoms. The second kappa shape index (κ2) is 9.92. The summed E-state index contributed by atoms with van der Waals surface area (Å²) >= 11 is 0. The van der Waals surface area contributed by atoms with Gasteiger partial charge in [0.2, 0.25) is 5.91 Å². The molecule has 2 aromatic carbocycles. The van der Waals surface area contributed by atoms with Gasteiger partial charge in [0.15, 0.2) is 17.8 Å². The van der Waals surface area contributed by atoms with Crippen molar-refractivity contribution in [2.45, 2.75) is 31.5 Å². The van der Waals surface area contributed by atoms with Gasteiger partial charge in [-0.25, -0.2) is 0 Å². The van der Waals surface area contributed by atoms with Crippen LogP contribution in [-0.4, -0.2) is 57.6 Å². The zero-order chi connectivity index (χ0) is 21.6. The van der Waals surface area contributed by atoms with Gasteiger partial charge in [0.1, 0.15) is 18.1 Å². The monoisotopic (exact) mass is 427 g/mol. The minimum Gasteiger partial charge on any atom is -0.497 e. The molecule has 1 amide bonds. The van der Waals surface area contributed by atoms with E-state index in [1.807, 2.05) is 47.4 Å². The highest BCUT2D eigenvalue weighted by molar-refractivity contribution is 5.79. The summed E-state index contributed by atoms with van der Waals surface area (Å²) in [5.74, 6) is 3.14. The highest BCUT2D eigenvalue weighted by Crippen LogP contribution is 2.36. The van der Waals surface area contributed by atoms with Gasteiger partial charge in [0.25, 0.3) is 0 Å². The number of methoxy groups -OCH3 is 2. The van der Waals surface area contributed by atoms with Crippen LogP contribution in [0, 0.1) is 0 Å². The third kappa shape index (κ3) is 5.22. The molecule has 166 valence electrons. The van der Waals surface area contributed by atoms with Crippen molar-refractivity contribution in [2.24, 2.45) is 0 Å². The molecule has 2 saturated heterocycles. The highest BCUT2D eigenvalue weighted by Gasteiger charge is 2.31. The first-order valence-corrected chi connectivity index (χ1v) is 10.7. The predicted octanol–water partition coefficient (Wildman–Crippen LogP) is 3.61. The average Bonchev–Trinajstić information content (AvgIpc) is 3.44. The molecule has 2 aliphatic rings. The van der Waals surface area contributed by atoms with Gasteiger partial charge in [-0.3, -0.25) is 4.79 Å². The topological polar surface area (TPSA) is 66.5 Å². The van der Waals surface area contributed by atoms with Crippen LogP contribution in [0.3, 0.4) is 0 Å². The first kappa shape index (κ1) is 21.3. The molecule has 0 N–H and O–H groups in total. The number of carbonyl (C=O) groups excluding carboxylic acids is 1. The van der Waals surface area contributed by atoms with E-state index >= 15 is 0 Å². The number of hydrogen-bond donors (Lipinski definition) is 0. The van der Waals surface area contributed by atoms with Crippen molar-refractivity contribution >= 4 is 5.91 Å². The summed E-state index contributed by atoms with van der Waals surface area (Å²) in [5, 5.41) is 0. The Kier molecular flexibility index (Phi) is 6.82. The van der Waals surface area contributed by atoms with Crippen molar-refractivity contribution in [2.75, 3.05) is 40.5 Å². The van der Waals surface area contributed by atoms with E-state index in [0.29, 0.717) is 37.6 Å². The number of nitrogens with zero attached hydrogens (tertiary/aromatic N) is 1. The van der Waals surface area contributed by atoms with Gasteiger partial charge in [-0.15, -0.1) is 0 Å². The summed E-state index contributed by atoms with van der Waals surface area (Å²) in [6.07, 6.45) is 2.11. The maximum Gasteiger partial charge on any atom is 0.223 e. The van der Waals surface area contributed by atoms with E-state index in [-0.39, 0.29) is 18.1 Å². The Morgan fingerprint density at radius 3 is 2.55 bits per heavy atom. The normalized spacial score (nSPS) is 20.7. The van der Waals surface area contributed by atoms with Gasteiger partial charge in [-0.1, -0.05) is 6.07 Å². The van der Waals surface area contributed by atoms with Crippen molar-refractivity contribution < 1.29 is 28.5 Å². The molecule has 0 aromatic heterocycles. The summed E-state index contributed by atoms with van der Waals surface area (Å²) < 4.78 is 28.0. The van der Waals surface area contributed by atoms with Crippen LogP contribution in [0.1, 0.15) is 30.7 Å². The molecule has 0 bridgehead atoms. The molecule has 7 heteroatoms. The number of ether oxygens (including phenoxy) is 5. The lowest BCUT2D eigenvalue weighted by molar-refractivity contribution is -0.128. The summed E-state index contributed by atoms with van der Waals surface area (Å²) in [4.78, 5) is 14.4. The summed E-state index contributed by atoms with van der Waals surface area (Å²) in [6, 6.07) is 13.3. The smallest absolute Gasteiger partial charge is 0.223 e. The summed E-state index contributed by atoms with van der Waals surface area (Å²) in [5.41, 5.74) is 1.07. The van der Waals surface area contributed by atoms with Crippen LogP contribution in [0.15, 0.2) is 42.5 Å². The summed E-state index contributed by atoms with van der Waals surface area (Å²) in [7, 11) is 3.26. The number of rotatable bonds is 9. The number of carbonyl (C=O) groups is 1. The molecule has 2 atom stereocenters. The second-order valence-corrected chi connectivity index (χ2v) is 7.74. The van der Waals surface area contributed by atoms with Crippen LogP contribution in [0.25, 0.3) is 0 Å². The molecule has 7 nitrogen and oxygen atoms in total. The van der Waals surface area contributed by atoms with Crippen molar-refractivity contribution in [1.29, 1.82) is 0 Å². The molecule has 31 heavy (non-hydrogen) atoms. The zero-order valence-corrected chi connectivity index (χ0v) is 18.0. The fourth-order valence-corrected chi connectivity index (χ4v) is 3.98. The second-order valence-electron chi connectivity index (χ2n) is 7.74. The lowest BCUT2D eigenvalue weighted by Gasteiger charge is -2.19. The first-order chi connectivity index (χ1) is 15.2. The molecule has 4 rings (SSSR count). The third-order valence-electron chi connectivity index (χ3n) is 5.71. The lowest BCUT2D eigenvalue weighted by atomic mass is 9.98. The number of amides is 1. The quantitative estimate of drug-likeness (QED) is 0.609. The van der Waals surface area contributed by atoms with Crippen molar-refractivity contribution in [3.05, 3.63) is 48.0 Å². The molecule has 1 unspecified atom stereocenters. The Morgan fingerprint density at radius 1 is 1.03 bits per heavy atom. The van der Waals surface area contributed by atoms with Gasteiger partial charge >= 0.3 is 0 Å². The number of likely N-dealkylation sites (tertiary alicyclic amines) is 1. The fraction of sp³-hybridized carbons (Fsp3) is 0.458. The number of hydrogen-bond acceptors (Lipinski definition) is 6. The molecule has 0 radical (unpaired) electrons. The maximum absolute atomic E-state index is 12.5. The van der Waals surface area contributed by atoms with Crippen LogP contribution in [-0.2, 0) is 9.53 Å². The highest BCUT2D eigenvalue weighted by atomic mass is 16.7. The first-order valence-electron chi connectivity index (χ1n) is 10.7. The minimum atomic E-state index is -0.235. The Balaban J connectivity index is 1.34. The zero-order valence-electron chi connectivity index (χ0n) is 18.0. The summed E-state index contributed by atoms with van der Waals surface area (Å²) in [6.45, 7) is 2.38. The molecule has 2 aromatic rings. The minimum absolute atomic E-state index is 0.117. The Bertz CT molecular complexity index is 878. The molecule has 2 heterocycles. The Morgan fingerprint density at radius 2 is 1.84 bits per heavy atom. The van der Waals surface area contributed by atoms with E-state index < -0.39 is 0 Å². The van der Waals surface area contributed by atoms with E-state index in [1.165, 1.54) is 0 Å². The van der Waals surface area contributed by atoms with Gasteiger partial charge < -0.3 is 28.6 Å². The van der Waals surface area contributed by atoms with Crippen molar-refractivity contribution in [3.8, 4) is 23.0 Å². The van der Waals surface area contributed by atoms with Crippen molar-refractivity contribution in [3.63, 3.8) is 0 Å². The largest absolute Gasteiger partial charge is 0.497 e. The van der Waals surface area contributed by atoms with Crippen LogP contribution in [0.4, 0.5) is 0 Å². The van der Waals surface area contributed by atoms with Crippen molar-refractivity contribution in [1.82, 2.24) is 4.90 Å². The van der Waals surface area contributed by atoms with Crippen LogP contribution in [0.2, 0.25) is 0 Å². The molecule has 0 saturated carbocycles. The van der Waals surface area contributed by atoms with Crippen LogP contribution in [0.5, 0.6) is 23.0 Å². The molecule has 2 aliphatic heterocycles. The van der Waals surface area contributed by atoms with E-state index in [0.717, 1.165) is 36.5 Å². The average molecular weight is 427 g/mol. The standard InChI is InChI=1S/C24H29NO6/c1-27-19-6-8-20(9-7-19)29-13-11-25-16-18(15-23(25)26)17-5-10-21(28-2)22(14-17)31-24-4-3-12-30-24/h5-10,14,18,24H,3-4,11-13,15-16H2,1-2H3/t18-,24?/m1/s1. The van der Waals surface area contributed by atoms with Crippen LogP contribution < -0.4 is 18.9 Å². The van der Waals surface area contributed by atoms with Gasteiger partial charge in [-0.2, -0.15) is 0 Å². The fourth-order valence-electron chi connectivity index (χ4n) is 3.98. The lowest BCUT2D eigenvalue weighted by Crippen LogP contribution is -2.29. The third-order valence-corrected chi connectivity index (χ3v) is 5.71. The van der Waals surface area contributed by atoms with E-state index in [1.54, 1.807) is 14.2 Å². The van der Waals surface area contributed by atoms with E-state index in [2.05, 4.69) is 0 Å². The Hall–Kier alpha value is -2.93. The molecule has 2 fully saturated rings. The van der Waals surface area contributed by atoms with Gasteiger partial charge in [0.05, 0.1) is 27.4 Å². The van der Waals surface area contributed by atoms with E-state index in [9.17, 15) is 4.79 Å². The predicted molar refractivity (Wildman–Crippen MR) is 115 cm³/mol. The van der Waals surface area contributed by atoms with Crippen LogP contribution >= 0.6 is 0 Å². The Labute approximate surface area is 182 Å². The maximum atomic E-state index is 12.5. The van der Waals surface area contributed by atoms with Gasteiger partial charge in [-0.05, 0) is 48.4 Å². The molecular formula is C24H29NO6.